The Morgan fingerprint density at radius 2 is 1.96 bits per heavy atom. The van der Waals surface area contributed by atoms with Crippen LogP contribution < -0.4 is 9.62 Å². The van der Waals surface area contributed by atoms with Crippen molar-refractivity contribution in [3.05, 3.63) is 58.6 Å². The van der Waals surface area contributed by atoms with E-state index in [1.807, 2.05) is 6.92 Å². The fourth-order valence-electron chi connectivity index (χ4n) is 2.78. The molecule has 1 atom stereocenters. The minimum Gasteiger partial charge on any atom is -0.322 e. The van der Waals surface area contributed by atoms with Crippen LogP contribution in [0.3, 0.4) is 0 Å². The van der Waals surface area contributed by atoms with Gasteiger partial charge in [0, 0.05) is 16.3 Å². The average molecular weight is 393 g/mol. The first kappa shape index (κ1) is 18.4. The molecule has 2 amide bonds. The number of hydrogen-bond acceptors (Lipinski definition) is 4. The van der Waals surface area contributed by atoms with Gasteiger partial charge in [-0.25, -0.2) is 12.7 Å². The third-order valence-electron chi connectivity index (χ3n) is 4.15. The Kier molecular flexibility index (Phi) is 4.77. The summed E-state index contributed by atoms with van der Waals surface area (Å²) < 4.78 is 25.2. The van der Waals surface area contributed by atoms with Crippen molar-refractivity contribution < 1.29 is 18.0 Å². The highest BCUT2D eigenvalue weighted by atomic mass is 35.5. The van der Waals surface area contributed by atoms with Gasteiger partial charge in [0.15, 0.2) is 0 Å². The molecule has 0 spiro atoms. The van der Waals surface area contributed by atoms with E-state index in [0.29, 0.717) is 10.7 Å². The highest BCUT2D eigenvalue weighted by molar-refractivity contribution is 7.94. The highest BCUT2D eigenvalue weighted by Gasteiger charge is 2.42. The molecule has 3 rings (SSSR count). The van der Waals surface area contributed by atoms with E-state index in [-0.39, 0.29) is 17.0 Å². The van der Waals surface area contributed by atoms with Crippen LogP contribution in [-0.2, 0) is 14.8 Å². The van der Waals surface area contributed by atoms with Crippen LogP contribution in [0.5, 0.6) is 0 Å². The first-order chi connectivity index (χ1) is 12.2. The Morgan fingerprint density at radius 3 is 2.62 bits per heavy atom. The summed E-state index contributed by atoms with van der Waals surface area (Å²) in [6.45, 7) is 3.40. The molecule has 2 aromatic carbocycles. The van der Waals surface area contributed by atoms with E-state index in [1.165, 1.54) is 12.1 Å². The van der Waals surface area contributed by atoms with E-state index < -0.39 is 27.8 Å². The summed E-state index contributed by atoms with van der Waals surface area (Å²) in [6.07, 6.45) is 0. The Bertz CT molecular complexity index is 1000. The van der Waals surface area contributed by atoms with Crippen molar-refractivity contribution in [2.75, 3.05) is 15.4 Å². The summed E-state index contributed by atoms with van der Waals surface area (Å²) in [4.78, 5) is 24.8. The lowest BCUT2D eigenvalue weighted by Crippen LogP contribution is -2.30. The lowest BCUT2D eigenvalue weighted by atomic mass is 10.1. The Balaban J connectivity index is 1.91. The minimum absolute atomic E-state index is 0.162. The fraction of sp³-hybridized carbons (Fsp3) is 0.222. The Morgan fingerprint density at radius 1 is 1.23 bits per heavy atom. The maximum atomic E-state index is 12.5. The van der Waals surface area contributed by atoms with Crippen molar-refractivity contribution >= 4 is 44.8 Å². The second-order valence-corrected chi connectivity index (χ2v) is 8.54. The molecule has 8 heteroatoms. The molecule has 1 N–H and O–H groups in total. The van der Waals surface area contributed by atoms with Crippen LogP contribution in [0.15, 0.2) is 42.5 Å². The molecular formula is C18H17ClN2O4S. The van der Waals surface area contributed by atoms with E-state index >= 15 is 0 Å². The quantitative estimate of drug-likeness (QED) is 0.869. The third kappa shape index (κ3) is 3.45. The number of anilines is 2. The molecule has 0 saturated carbocycles. The number of nitrogens with zero attached hydrogens (tertiary/aromatic N) is 1. The first-order valence-electron chi connectivity index (χ1n) is 7.93. The predicted octanol–water partition coefficient (Wildman–Crippen LogP) is 3.21. The highest BCUT2D eigenvalue weighted by Crippen LogP contribution is 2.29. The number of benzene rings is 2. The normalized spacial score (nSPS) is 18.8. The molecular weight excluding hydrogens is 376 g/mol. The molecule has 1 heterocycles. The van der Waals surface area contributed by atoms with E-state index in [0.717, 1.165) is 9.87 Å². The van der Waals surface area contributed by atoms with Gasteiger partial charge in [-0.15, -0.1) is 0 Å². The molecule has 0 bridgehead atoms. The zero-order valence-corrected chi connectivity index (χ0v) is 15.8. The molecule has 6 nitrogen and oxygen atoms in total. The molecule has 26 heavy (non-hydrogen) atoms. The molecule has 1 aliphatic heterocycles. The molecule has 1 saturated heterocycles. The molecule has 0 unspecified atom stereocenters. The third-order valence-corrected chi connectivity index (χ3v) is 6.25. The van der Waals surface area contributed by atoms with Crippen LogP contribution in [0.4, 0.5) is 11.4 Å². The van der Waals surface area contributed by atoms with E-state index in [4.69, 9.17) is 11.6 Å². The standard InChI is InChI=1S/C18H17ClN2O4S/c1-11-6-7-14(19)9-16(11)20-17(22)13-4-3-5-15(8-13)21-18(23)12(2)10-26(21,24)25/h3-9,12H,10H2,1-2H3,(H,20,22)/t12-/m1/s1. The second-order valence-electron chi connectivity index (χ2n) is 6.25. The molecule has 0 aliphatic carbocycles. The van der Waals surface area contributed by atoms with Gasteiger partial charge in [0.2, 0.25) is 15.9 Å². The summed E-state index contributed by atoms with van der Waals surface area (Å²) in [5, 5.41) is 3.24. The maximum Gasteiger partial charge on any atom is 0.255 e. The van der Waals surface area contributed by atoms with E-state index in [9.17, 15) is 18.0 Å². The average Bonchev–Trinajstić information content (AvgIpc) is 2.78. The number of hydrogen-bond donors (Lipinski definition) is 1. The second kappa shape index (κ2) is 6.74. The zero-order valence-electron chi connectivity index (χ0n) is 14.2. The van der Waals surface area contributed by atoms with Crippen molar-refractivity contribution in [3.8, 4) is 0 Å². The van der Waals surface area contributed by atoms with Gasteiger partial charge in [-0.2, -0.15) is 0 Å². The minimum atomic E-state index is -3.72. The van der Waals surface area contributed by atoms with Crippen LogP contribution in [0.2, 0.25) is 5.02 Å². The van der Waals surface area contributed by atoms with Gasteiger partial charge in [-0.3, -0.25) is 9.59 Å². The van der Waals surface area contributed by atoms with Gasteiger partial charge < -0.3 is 5.32 Å². The van der Waals surface area contributed by atoms with Crippen LogP contribution in [-0.4, -0.2) is 26.0 Å². The van der Waals surface area contributed by atoms with Gasteiger partial charge in [0.1, 0.15) is 0 Å². The molecule has 2 aromatic rings. The predicted molar refractivity (Wildman–Crippen MR) is 101 cm³/mol. The lowest BCUT2D eigenvalue weighted by molar-refractivity contribution is -0.119. The molecule has 1 aliphatic rings. The monoisotopic (exact) mass is 392 g/mol. The summed E-state index contributed by atoms with van der Waals surface area (Å²) in [6, 6.07) is 11.1. The van der Waals surface area contributed by atoms with Gasteiger partial charge in [0.25, 0.3) is 5.91 Å². The van der Waals surface area contributed by atoms with Crippen LogP contribution in [0.1, 0.15) is 22.8 Å². The van der Waals surface area contributed by atoms with Gasteiger partial charge in [-0.05, 0) is 42.8 Å². The molecule has 0 radical (unpaired) electrons. The van der Waals surface area contributed by atoms with Crippen molar-refractivity contribution in [1.29, 1.82) is 0 Å². The molecule has 136 valence electrons. The molecule has 1 fully saturated rings. The fourth-order valence-corrected chi connectivity index (χ4v) is 4.77. The molecule has 0 aromatic heterocycles. The SMILES string of the molecule is Cc1ccc(Cl)cc1NC(=O)c1cccc(N2C(=O)[C@H](C)CS2(=O)=O)c1. The van der Waals surface area contributed by atoms with Crippen molar-refractivity contribution in [1.82, 2.24) is 0 Å². The van der Waals surface area contributed by atoms with Crippen LogP contribution in [0, 0.1) is 12.8 Å². The lowest BCUT2D eigenvalue weighted by Gasteiger charge is -2.16. The summed E-state index contributed by atoms with van der Waals surface area (Å²) in [7, 11) is -3.72. The Labute approximate surface area is 156 Å². The zero-order chi connectivity index (χ0) is 19.1. The number of halogens is 1. The largest absolute Gasteiger partial charge is 0.322 e. The van der Waals surface area contributed by atoms with Crippen molar-refractivity contribution in [2.45, 2.75) is 13.8 Å². The van der Waals surface area contributed by atoms with E-state index in [2.05, 4.69) is 5.32 Å². The summed E-state index contributed by atoms with van der Waals surface area (Å²) in [5.74, 6) is -1.75. The number of sulfonamides is 1. The van der Waals surface area contributed by atoms with Crippen molar-refractivity contribution in [2.24, 2.45) is 5.92 Å². The number of amides is 2. The number of aryl methyl sites for hydroxylation is 1. The van der Waals surface area contributed by atoms with Gasteiger partial charge >= 0.3 is 0 Å². The number of carbonyl (C=O) groups excluding carboxylic acids is 2. The number of nitrogens with one attached hydrogen (secondary N) is 1. The van der Waals surface area contributed by atoms with Crippen LogP contribution >= 0.6 is 11.6 Å². The maximum absolute atomic E-state index is 12.5. The van der Waals surface area contributed by atoms with Gasteiger partial charge in [0.05, 0.1) is 17.4 Å². The topological polar surface area (TPSA) is 83.6 Å². The summed E-state index contributed by atoms with van der Waals surface area (Å²) >= 11 is 5.96. The number of carbonyl (C=O) groups is 2. The van der Waals surface area contributed by atoms with Crippen LogP contribution in [0.25, 0.3) is 0 Å². The summed E-state index contributed by atoms with van der Waals surface area (Å²) in [5.41, 5.74) is 1.80. The van der Waals surface area contributed by atoms with E-state index in [1.54, 1.807) is 37.3 Å². The van der Waals surface area contributed by atoms with Crippen molar-refractivity contribution in [3.63, 3.8) is 0 Å². The smallest absolute Gasteiger partial charge is 0.255 e. The van der Waals surface area contributed by atoms with Gasteiger partial charge in [-0.1, -0.05) is 30.7 Å². The first-order valence-corrected chi connectivity index (χ1v) is 9.92. The number of rotatable bonds is 3. The Hall–Kier alpha value is -2.38.